The van der Waals surface area contributed by atoms with Gasteiger partial charge in [0.15, 0.2) is 11.8 Å². The van der Waals surface area contributed by atoms with Gasteiger partial charge < -0.3 is 15.5 Å². The predicted molar refractivity (Wildman–Crippen MR) is 93.4 cm³/mol. The van der Waals surface area contributed by atoms with Crippen molar-refractivity contribution in [2.75, 3.05) is 11.9 Å². The fourth-order valence-electron chi connectivity index (χ4n) is 5.83. The Kier molecular flexibility index (Phi) is 1.87. The molecule has 5 nitrogen and oxygen atoms in total. The number of nitrogens with zero attached hydrogens (tertiary/aromatic N) is 2. The molecule has 7 rings (SSSR count). The molecule has 5 aliphatic heterocycles. The lowest BCUT2D eigenvalue weighted by molar-refractivity contribution is 0.116. The normalized spacial score (nSPS) is 38.4. The van der Waals surface area contributed by atoms with Gasteiger partial charge in [0.25, 0.3) is 0 Å². The van der Waals surface area contributed by atoms with Gasteiger partial charge in [0, 0.05) is 24.5 Å². The molecule has 1 aromatic rings. The number of rotatable bonds is 0. The van der Waals surface area contributed by atoms with E-state index in [1.807, 2.05) is 18.0 Å². The number of nitrogens with one attached hydrogen (secondary N) is 1. The van der Waals surface area contributed by atoms with Gasteiger partial charge in [-0.1, -0.05) is 0 Å². The van der Waals surface area contributed by atoms with Crippen LogP contribution in [0, 0.1) is 0 Å². The van der Waals surface area contributed by atoms with Crippen LogP contribution in [0.4, 0.5) is 11.4 Å². The molecule has 1 fully saturated rings. The Hall–Kier alpha value is -1.79. The molecule has 0 saturated carbocycles. The number of hydrogen-bond donors (Lipinski definition) is 3. The average Bonchev–Trinajstić information content (AvgIpc) is 3.11. The maximum Gasteiger partial charge on any atom is 0.216 e. The molecule has 5 heterocycles. The first-order chi connectivity index (χ1) is 11.7. The van der Waals surface area contributed by atoms with Crippen molar-refractivity contribution in [1.29, 1.82) is 0 Å². The van der Waals surface area contributed by atoms with Crippen LogP contribution in [0.5, 0.6) is 5.75 Å². The van der Waals surface area contributed by atoms with E-state index >= 15 is 0 Å². The van der Waals surface area contributed by atoms with E-state index in [1.54, 1.807) is 0 Å². The van der Waals surface area contributed by atoms with Crippen LogP contribution >= 0.6 is 11.8 Å². The summed E-state index contributed by atoms with van der Waals surface area (Å²) in [5.74, 6) is 0.312. The molecular weight excluding hydrogens is 322 g/mol. The van der Waals surface area contributed by atoms with Crippen molar-refractivity contribution in [3.63, 3.8) is 0 Å². The number of phenolic OH excluding ortho intramolecular Hbond substituents is 1. The molecular formula is C18H16N3O2S+. The molecule has 6 aliphatic rings. The van der Waals surface area contributed by atoms with Crippen LogP contribution in [-0.4, -0.2) is 40.5 Å². The van der Waals surface area contributed by atoms with E-state index in [-0.39, 0.29) is 16.8 Å². The van der Waals surface area contributed by atoms with Gasteiger partial charge in [-0.3, -0.25) is 4.99 Å². The molecule has 1 aromatic carbocycles. The Morgan fingerprint density at radius 2 is 2.29 bits per heavy atom. The molecule has 0 amide bonds. The van der Waals surface area contributed by atoms with E-state index in [0.717, 1.165) is 42.4 Å². The van der Waals surface area contributed by atoms with E-state index < -0.39 is 6.10 Å². The van der Waals surface area contributed by atoms with Gasteiger partial charge in [-0.05, 0) is 23.0 Å². The lowest BCUT2D eigenvalue weighted by atomic mass is 9.64. The largest absolute Gasteiger partial charge is 0.504 e. The number of aliphatic imine (C=N–C) groups is 1. The fourth-order valence-corrected chi connectivity index (χ4v) is 7.39. The second-order valence-corrected chi connectivity index (χ2v) is 8.97. The standard InChI is InChI=1S/C18H15N3O2S/c22-9-3-10-18-4-8(9)21-2-1-7-6-19-14-12(7)16(21)13(18)15(17(14)23)20-11(5-18)24-10/h3,6,8-9,11,22H,1-2,4-5H2,(H,19,20,23)/p+1/t8-,9+,11-,18-/m0/s1. The van der Waals surface area contributed by atoms with E-state index in [4.69, 9.17) is 0 Å². The van der Waals surface area contributed by atoms with Gasteiger partial charge in [0.2, 0.25) is 5.36 Å². The highest BCUT2D eigenvalue weighted by molar-refractivity contribution is 8.04. The average molecular weight is 338 g/mol. The van der Waals surface area contributed by atoms with Crippen LogP contribution in [-0.2, 0) is 5.41 Å². The zero-order valence-corrected chi connectivity index (χ0v) is 13.7. The number of phenols is 1. The third-order valence-electron chi connectivity index (χ3n) is 6.73. The zero-order chi connectivity index (χ0) is 15.8. The lowest BCUT2D eigenvalue weighted by Gasteiger charge is -2.44. The van der Waals surface area contributed by atoms with Crippen molar-refractivity contribution in [2.24, 2.45) is 4.99 Å². The first-order valence-corrected chi connectivity index (χ1v) is 9.49. The minimum Gasteiger partial charge on any atom is -0.504 e. The van der Waals surface area contributed by atoms with Crippen molar-refractivity contribution in [3.05, 3.63) is 27.1 Å². The van der Waals surface area contributed by atoms with Gasteiger partial charge in [-0.15, -0.1) is 11.8 Å². The van der Waals surface area contributed by atoms with E-state index in [2.05, 4.69) is 21.0 Å². The summed E-state index contributed by atoms with van der Waals surface area (Å²) in [6.07, 6.45) is 6.53. The highest BCUT2D eigenvalue weighted by Crippen LogP contribution is 2.63. The summed E-state index contributed by atoms with van der Waals surface area (Å²) >= 11 is 1.83. The Bertz CT molecular complexity index is 1070. The molecule has 120 valence electrons. The molecule has 6 heteroatoms. The summed E-state index contributed by atoms with van der Waals surface area (Å²) in [4.78, 5) is 5.83. The summed E-state index contributed by atoms with van der Waals surface area (Å²) in [5, 5.41) is 27.9. The van der Waals surface area contributed by atoms with Crippen molar-refractivity contribution < 1.29 is 10.2 Å². The molecule has 3 bridgehead atoms. The number of aliphatic hydroxyl groups excluding tert-OH is 1. The Balaban J connectivity index is 1.80. The van der Waals surface area contributed by atoms with Gasteiger partial charge in [0.05, 0.1) is 21.8 Å². The van der Waals surface area contributed by atoms with Crippen molar-refractivity contribution >= 4 is 34.9 Å². The number of thioether (sulfide) groups is 1. The van der Waals surface area contributed by atoms with Crippen LogP contribution in [0.15, 0.2) is 16.0 Å². The number of fused-ring (bicyclic) bond motifs is 3. The number of anilines is 1. The third kappa shape index (κ3) is 1.10. The van der Waals surface area contributed by atoms with Crippen LogP contribution in [0.25, 0.3) is 5.57 Å². The Morgan fingerprint density at radius 1 is 1.38 bits per heavy atom. The number of aromatic hydroxyl groups is 1. The van der Waals surface area contributed by atoms with Gasteiger partial charge >= 0.3 is 0 Å². The molecule has 1 aliphatic carbocycles. The monoisotopic (exact) mass is 338 g/mol. The topological polar surface area (TPSA) is 67.9 Å². The SMILES string of the molecule is Oc1c2c3c4c5c1N=CC=5CC[N+]=4[C@H]1C[C@@]34C[C@@H](N2)SC4=C[C@H]1O. The molecule has 3 N–H and O–H groups in total. The van der Waals surface area contributed by atoms with Crippen LogP contribution < -0.4 is 20.5 Å². The van der Waals surface area contributed by atoms with Crippen molar-refractivity contribution in [2.45, 2.75) is 42.2 Å². The third-order valence-corrected chi connectivity index (χ3v) is 8.08. The summed E-state index contributed by atoms with van der Waals surface area (Å²) in [6, 6.07) is 0.141. The van der Waals surface area contributed by atoms with Crippen LogP contribution in [0.1, 0.15) is 24.8 Å². The fraction of sp³-hybridized carbons (Fsp3) is 0.444. The van der Waals surface area contributed by atoms with E-state index in [0.29, 0.717) is 5.75 Å². The first-order valence-electron chi connectivity index (χ1n) is 8.61. The Labute approximate surface area is 142 Å². The van der Waals surface area contributed by atoms with E-state index in [1.165, 1.54) is 21.4 Å². The molecule has 0 unspecified atom stereocenters. The van der Waals surface area contributed by atoms with E-state index in [9.17, 15) is 10.2 Å². The van der Waals surface area contributed by atoms with Crippen molar-refractivity contribution in [3.8, 4) is 5.75 Å². The maximum absolute atomic E-state index is 10.9. The smallest absolute Gasteiger partial charge is 0.216 e. The lowest BCUT2D eigenvalue weighted by Crippen LogP contribution is -2.64. The molecule has 0 aromatic heterocycles. The molecule has 0 radical (unpaired) electrons. The zero-order valence-electron chi connectivity index (χ0n) is 12.9. The van der Waals surface area contributed by atoms with Crippen LogP contribution in [0.2, 0.25) is 0 Å². The molecule has 4 atom stereocenters. The first kappa shape index (κ1) is 12.6. The molecule has 1 saturated heterocycles. The molecule has 1 spiro atoms. The van der Waals surface area contributed by atoms with Gasteiger partial charge in [-0.25, -0.2) is 4.58 Å². The van der Waals surface area contributed by atoms with Crippen LogP contribution in [0.3, 0.4) is 0 Å². The number of hydrogen-bond acceptors (Lipinski definition) is 5. The van der Waals surface area contributed by atoms with Gasteiger partial charge in [-0.2, -0.15) is 0 Å². The summed E-state index contributed by atoms with van der Waals surface area (Å²) < 4.78 is 2.39. The van der Waals surface area contributed by atoms with Crippen molar-refractivity contribution in [1.82, 2.24) is 4.58 Å². The van der Waals surface area contributed by atoms with Gasteiger partial charge in [0.1, 0.15) is 18.3 Å². The Morgan fingerprint density at radius 3 is 3.21 bits per heavy atom. The summed E-state index contributed by atoms with van der Waals surface area (Å²) in [6.45, 7) is 0.919. The minimum atomic E-state index is -0.414. The highest BCUT2D eigenvalue weighted by atomic mass is 32.2. The second kappa shape index (κ2) is 3.58. The maximum atomic E-state index is 10.9. The summed E-state index contributed by atoms with van der Waals surface area (Å²) in [5.41, 5.74) is 4.08. The molecule has 24 heavy (non-hydrogen) atoms. The minimum absolute atomic E-state index is 0.0246. The number of benzene rings is 1. The number of aliphatic hydroxyl groups is 1. The second-order valence-electron chi connectivity index (χ2n) is 7.73. The highest BCUT2D eigenvalue weighted by Gasteiger charge is 2.61. The summed E-state index contributed by atoms with van der Waals surface area (Å²) in [7, 11) is 0. The number of allylic oxidation sites excluding steroid dienone is 1. The quantitative estimate of drug-likeness (QED) is 0.471. The predicted octanol–water partition coefficient (Wildman–Crippen LogP) is 0.311.